The minimum Gasteiger partial charge on any atom is -0.444 e. The van der Waals surface area contributed by atoms with Crippen LogP contribution in [0.2, 0.25) is 0 Å². The van der Waals surface area contributed by atoms with Gasteiger partial charge in [-0.3, -0.25) is 9.69 Å². The highest BCUT2D eigenvalue weighted by atomic mass is 16.5. The summed E-state index contributed by atoms with van der Waals surface area (Å²) in [6, 6.07) is 0. The van der Waals surface area contributed by atoms with Crippen LogP contribution in [0.5, 0.6) is 0 Å². The Morgan fingerprint density at radius 2 is 1.96 bits per heavy atom. The van der Waals surface area contributed by atoms with Crippen LogP contribution in [0.4, 0.5) is 0 Å². The van der Waals surface area contributed by atoms with Crippen molar-refractivity contribution >= 4 is 5.91 Å². The van der Waals surface area contributed by atoms with E-state index in [1.807, 2.05) is 18.7 Å². The molecule has 23 heavy (non-hydrogen) atoms. The van der Waals surface area contributed by atoms with E-state index in [2.05, 4.69) is 9.88 Å². The van der Waals surface area contributed by atoms with Crippen molar-refractivity contribution in [3.05, 3.63) is 17.3 Å². The first kappa shape index (κ1) is 17.9. The molecule has 0 aromatic carbocycles. The number of aryl methyl sites for hydroxylation is 2. The van der Waals surface area contributed by atoms with Crippen LogP contribution in [0.1, 0.15) is 24.3 Å². The van der Waals surface area contributed by atoms with Gasteiger partial charge in [-0.25, -0.2) is 4.98 Å². The van der Waals surface area contributed by atoms with Crippen molar-refractivity contribution < 1.29 is 18.7 Å². The third-order valence-corrected chi connectivity index (χ3v) is 4.12. The second-order valence-electron chi connectivity index (χ2n) is 5.86. The average Bonchev–Trinajstić information content (AvgIpc) is 2.85. The largest absolute Gasteiger partial charge is 0.444 e. The molecule has 0 radical (unpaired) electrons. The first-order chi connectivity index (χ1) is 11.0. The van der Waals surface area contributed by atoms with Crippen LogP contribution in [0.15, 0.2) is 4.42 Å². The summed E-state index contributed by atoms with van der Waals surface area (Å²) in [5, 5.41) is 0. The second kappa shape index (κ2) is 8.42. The van der Waals surface area contributed by atoms with Gasteiger partial charge >= 0.3 is 0 Å². The van der Waals surface area contributed by atoms with E-state index < -0.39 is 6.10 Å². The molecule has 0 N–H and O–H groups in total. The number of carbonyl (C=O) groups excluding carboxylic acids is 1. The van der Waals surface area contributed by atoms with E-state index in [0.717, 1.165) is 30.4 Å². The minimum atomic E-state index is -0.422. The standard InChI is InChI=1S/C16H27N3O4/c1-12-13(2)23-15(17-12)11-18-5-7-19(8-6-18)16(20)14(3)22-10-9-21-4/h14H,5-11H2,1-4H3. The Hall–Kier alpha value is -1.44. The van der Waals surface area contributed by atoms with Crippen molar-refractivity contribution in [3.63, 3.8) is 0 Å². The Labute approximate surface area is 137 Å². The molecule has 1 unspecified atom stereocenters. The molecule has 1 atom stereocenters. The zero-order valence-electron chi connectivity index (χ0n) is 14.5. The number of aromatic nitrogens is 1. The lowest BCUT2D eigenvalue weighted by Gasteiger charge is -2.35. The fourth-order valence-corrected chi connectivity index (χ4v) is 2.56. The highest BCUT2D eigenvalue weighted by Gasteiger charge is 2.26. The fourth-order valence-electron chi connectivity index (χ4n) is 2.56. The van der Waals surface area contributed by atoms with E-state index in [0.29, 0.717) is 32.8 Å². The molecule has 2 rings (SSSR count). The number of oxazole rings is 1. The van der Waals surface area contributed by atoms with Gasteiger partial charge in [-0.2, -0.15) is 0 Å². The summed E-state index contributed by atoms with van der Waals surface area (Å²) >= 11 is 0. The Kier molecular flexibility index (Phi) is 6.56. The van der Waals surface area contributed by atoms with Crippen molar-refractivity contribution in [3.8, 4) is 0 Å². The molecule has 130 valence electrons. The van der Waals surface area contributed by atoms with Gasteiger partial charge in [-0.05, 0) is 20.8 Å². The number of carbonyl (C=O) groups is 1. The Morgan fingerprint density at radius 3 is 2.52 bits per heavy atom. The third kappa shape index (κ3) is 5.02. The van der Waals surface area contributed by atoms with Crippen molar-refractivity contribution in [2.75, 3.05) is 46.5 Å². The van der Waals surface area contributed by atoms with Crippen LogP contribution < -0.4 is 0 Å². The Bertz CT molecular complexity index is 490. The van der Waals surface area contributed by atoms with Crippen LogP contribution in [0.25, 0.3) is 0 Å². The lowest BCUT2D eigenvalue weighted by atomic mass is 10.2. The molecule has 0 bridgehead atoms. The van der Waals surface area contributed by atoms with Crippen LogP contribution in [-0.4, -0.2) is 73.3 Å². The number of amides is 1. The maximum absolute atomic E-state index is 12.3. The molecule has 7 heteroatoms. The predicted octanol–water partition coefficient (Wildman–Crippen LogP) is 0.987. The molecule has 1 aliphatic rings. The first-order valence-corrected chi connectivity index (χ1v) is 8.06. The molecule has 0 saturated carbocycles. The fraction of sp³-hybridized carbons (Fsp3) is 0.750. The molecule has 1 aromatic rings. The van der Waals surface area contributed by atoms with Crippen molar-refractivity contribution in [2.24, 2.45) is 0 Å². The lowest BCUT2D eigenvalue weighted by Crippen LogP contribution is -2.51. The average molecular weight is 325 g/mol. The summed E-state index contributed by atoms with van der Waals surface area (Å²) < 4.78 is 16.0. The Morgan fingerprint density at radius 1 is 1.26 bits per heavy atom. The minimum absolute atomic E-state index is 0.0450. The summed E-state index contributed by atoms with van der Waals surface area (Å²) in [5.41, 5.74) is 0.941. The maximum Gasteiger partial charge on any atom is 0.251 e. The number of hydrogen-bond acceptors (Lipinski definition) is 6. The van der Waals surface area contributed by atoms with Crippen LogP contribution in [-0.2, 0) is 20.8 Å². The second-order valence-corrected chi connectivity index (χ2v) is 5.86. The summed E-state index contributed by atoms with van der Waals surface area (Å²) in [6.07, 6.45) is -0.422. The summed E-state index contributed by atoms with van der Waals surface area (Å²) in [7, 11) is 1.62. The molecule has 1 aromatic heterocycles. The molecular formula is C16H27N3O4. The molecule has 2 heterocycles. The lowest BCUT2D eigenvalue weighted by molar-refractivity contribution is -0.145. The van der Waals surface area contributed by atoms with Crippen LogP contribution in [0.3, 0.4) is 0 Å². The van der Waals surface area contributed by atoms with Gasteiger partial charge in [-0.1, -0.05) is 0 Å². The molecule has 1 fully saturated rings. The smallest absolute Gasteiger partial charge is 0.251 e. The number of methoxy groups -OCH3 is 1. The predicted molar refractivity (Wildman–Crippen MR) is 85.1 cm³/mol. The molecule has 1 amide bonds. The van der Waals surface area contributed by atoms with E-state index >= 15 is 0 Å². The SMILES string of the molecule is COCCOC(C)C(=O)N1CCN(Cc2nc(C)c(C)o2)CC1. The Balaban J connectivity index is 1.75. The third-order valence-electron chi connectivity index (χ3n) is 4.12. The van der Waals surface area contributed by atoms with Gasteiger partial charge in [0.25, 0.3) is 5.91 Å². The highest BCUT2D eigenvalue weighted by molar-refractivity contribution is 5.80. The maximum atomic E-state index is 12.3. The number of nitrogens with zero attached hydrogens (tertiary/aromatic N) is 3. The van der Waals surface area contributed by atoms with Crippen molar-refractivity contribution in [2.45, 2.75) is 33.4 Å². The van der Waals surface area contributed by atoms with Crippen LogP contribution in [0, 0.1) is 13.8 Å². The van der Waals surface area contributed by atoms with E-state index in [9.17, 15) is 4.79 Å². The zero-order chi connectivity index (χ0) is 16.8. The summed E-state index contributed by atoms with van der Waals surface area (Å²) in [5.74, 6) is 1.66. The van der Waals surface area contributed by atoms with E-state index in [4.69, 9.17) is 13.9 Å². The quantitative estimate of drug-likeness (QED) is 0.696. The zero-order valence-corrected chi connectivity index (χ0v) is 14.5. The summed E-state index contributed by atoms with van der Waals surface area (Å²) in [6.45, 7) is 10.3. The normalized spacial score (nSPS) is 17.5. The molecule has 0 aliphatic carbocycles. The van der Waals surface area contributed by atoms with Crippen LogP contribution >= 0.6 is 0 Å². The van der Waals surface area contributed by atoms with Gasteiger partial charge < -0.3 is 18.8 Å². The molecule has 1 aliphatic heterocycles. The summed E-state index contributed by atoms with van der Waals surface area (Å²) in [4.78, 5) is 20.8. The first-order valence-electron chi connectivity index (χ1n) is 8.06. The van der Waals surface area contributed by atoms with E-state index in [1.54, 1.807) is 14.0 Å². The van der Waals surface area contributed by atoms with Gasteiger partial charge in [0.2, 0.25) is 5.89 Å². The number of ether oxygens (including phenoxy) is 2. The van der Waals surface area contributed by atoms with Crippen molar-refractivity contribution in [1.29, 1.82) is 0 Å². The number of piperazine rings is 1. The number of rotatable bonds is 7. The van der Waals surface area contributed by atoms with Crippen molar-refractivity contribution in [1.82, 2.24) is 14.8 Å². The molecule has 0 spiro atoms. The number of hydrogen-bond donors (Lipinski definition) is 0. The van der Waals surface area contributed by atoms with Gasteiger partial charge in [0, 0.05) is 33.3 Å². The van der Waals surface area contributed by atoms with Gasteiger partial charge in [0.15, 0.2) is 0 Å². The highest BCUT2D eigenvalue weighted by Crippen LogP contribution is 2.13. The van der Waals surface area contributed by atoms with E-state index in [1.165, 1.54) is 0 Å². The molecule has 7 nitrogen and oxygen atoms in total. The molecular weight excluding hydrogens is 298 g/mol. The van der Waals surface area contributed by atoms with Gasteiger partial charge in [-0.15, -0.1) is 0 Å². The topological polar surface area (TPSA) is 68.0 Å². The van der Waals surface area contributed by atoms with E-state index in [-0.39, 0.29) is 5.91 Å². The monoisotopic (exact) mass is 325 g/mol. The van der Waals surface area contributed by atoms with Gasteiger partial charge in [0.1, 0.15) is 11.9 Å². The van der Waals surface area contributed by atoms with Gasteiger partial charge in [0.05, 0.1) is 25.5 Å². The molecule has 1 saturated heterocycles.